The van der Waals surface area contributed by atoms with E-state index in [0.717, 1.165) is 5.39 Å². The summed E-state index contributed by atoms with van der Waals surface area (Å²) in [6, 6.07) is 10.9. The first-order chi connectivity index (χ1) is 15.0. The summed E-state index contributed by atoms with van der Waals surface area (Å²) in [5.41, 5.74) is 1.06. The summed E-state index contributed by atoms with van der Waals surface area (Å²) in [5.74, 6) is -0.960. The minimum absolute atomic E-state index is 0.0123. The number of benzene rings is 2. The van der Waals surface area contributed by atoms with Crippen LogP contribution in [-0.4, -0.2) is 59.7 Å². The number of ether oxygens (including phenoxy) is 1. The molecule has 162 valence electrons. The fourth-order valence-electron chi connectivity index (χ4n) is 4.45. The molecule has 2 heterocycles. The lowest BCUT2D eigenvalue weighted by atomic mass is 9.94. The van der Waals surface area contributed by atoms with E-state index in [2.05, 4.69) is 0 Å². The predicted molar refractivity (Wildman–Crippen MR) is 114 cm³/mol. The van der Waals surface area contributed by atoms with Gasteiger partial charge in [0.2, 0.25) is 5.91 Å². The largest absolute Gasteiger partial charge is 0.466 e. The fourth-order valence-corrected chi connectivity index (χ4v) is 4.45. The third kappa shape index (κ3) is 4.04. The van der Waals surface area contributed by atoms with Crippen LogP contribution in [0, 0.1) is 5.92 Å². The topological polar surface area (TPSA) is 84.0 Å². The zero-order chi connectivity index (χ0) is 22.0. The molecule has 0 bridgehead atoms. The van der Waals surface area contributed by atoms with E-state index in [4.69, 9.17) is 4.74 Å². The van der Waals surface area contributed by atoms with Crippen LogP contribution >= 0.6 is 0 Å². The Morgan fingerprint density at radius 1 is 1.00 bits per heavy atom. The van der Waals surface area contributed by atoms with Crippen molar-refractivity contribution in [3.05, 3.63) is 47.5 Å². The lowest BCUT2D eigenvalue weighted by Crippen LogP contribution is -2.42. The Bertz CT molecular complexity index is 989. The third-order valence-corrected chi connectivity index (χ3v) is 6.10. The molecular formula is C24H26N2O5. The van der Waals surface area contributed by atoms with Crippen molar-refractivity contribution in [2.45, 2.75) is 32.6 Å². The summed E-state index contributed by atoms with van der Waals surface area (Å²) in [6.45, 7) is 3.41. The van der Waals surface area contributed by atoms with Gasteiger partial charge in [0, 0.05) is 42.6 Å². The van der Waals surface area contributed by atoms with Gasteiger partial charge >= 0.3 is 5.97 Å². The maximum atomic E-state index is 12.9. The summed E-state index contributed by atoms with van der Waals surface area (Å²) in [7, 11) is 0. The third-order valence-electron chi connectivity index (χ3n) is 6.10. The van der Waals surface area contributed by atoms with Crippen molar-refractivity contribution in [2.24, 2.45) is 5.92 Å². The molecule has 0 aromatic heterocycles. The molecule has 0 spiro atoms. The summed E-state index contributed by atoms with van der Waals surface area (Å²) in [4.78, 5) is 53.2. The molecule has 0 N–H and O–H groups in total. The van der Waals surface area contributed by atoms with E-state index in [1.54, 1.807) is 24.0 Å². The van der Waals surface area contributed by atoms with Gasteiger partial charge in [-0.1, -0.05) is 24.3 Å². The van der Waals surface area contributed by atoms with Gasteiger partial charge in [0.25, 0.3) is 11.8 Å². The smallest absolute Gasteiger partial charge is 0.309 e. The first-order valence-corrected chi connectivity index (χ1v) is 10.8. The predicted octanol–water partition coefficient (Wildman–Crippen LogP) is 3.02. The Labute approximate surface area is 180 Å². The highest BCUT2D eigenvalue weighted by Gasteiger charge is 2.33. The molecule has 31 heavy (non-hydrogen) atoms. The molecule has 0 saturated carbocycles. The van der Waals surface area contributed by atoms with E-state index in [0.29, 0.717) is 55.5 Å². The number of hydrogen-bond acceptors (Lipinski definition) is 5. The lowest BCUT2D eigenvalue weighted by Gasteiger charge is -2.31. The fraction of sp³-hybridized carbons (Fsp3) is 0.417. The Kier molecular flexibility index (Phi) is 6.02. The SMILES string of the molecule is CCOC(=O)C1CCN(C(=O)CCCN2C(=O)c3cccc4cccc(c34)C2=O)CC1. The molecule has 0 aliphatic carbocycles. The average Bonchev–Trinajstić information content (AvgIpc) is 2.79. The molecule has 7 heteroatoms. The summed E-state index contributed by atoms with van der Waals surface area (Å²) in [5, 5.41) is 1.58. The molecule has 1 saturated heterocycles. The second-order valence-electron chi connectivity index (χ2n) is 7.98. The van der Waals surface area contributed by atoms with E-state index in [9.17, 15) is 19.2 Å². The van der Waals surface area contributed by atoms with Gasteiger partial charge in [-0.3, -0.25) is 24.1 Å². The van der Waals surface area contributed by atoms with E-state index in [1.165, 1.54) is 4.90 Å². The van der Waals surface area contributed by atoms with Crippen molar-refractivity contribution in [1.82, 2.24) is 9.80 Å². The number of carbonyl (C=O) groups excluding carboxylic acids is 4. The Morgan fingerprint density at radius 2 is 1.61 bits per heavy atom. The van der Waals surface area contributed by atoms with Crippen molar-refractivity contribution in [3.8, 4) is 0 Å². The summed E-state index contributed by atoms with van der Waals surface area (Å²) < 4.78 is 5.06. The summed E-state index contributed by atoms with van der Waals surface area (Å²) >= 11 is 0. The average molecular weight is 422 g/mol. The molecule has 2 aromatic rings. The number of carbonyl (C=O) groups is 4. The van der Waals surface area contributed by atoms with Crippen LogP contribution in [0.15, 0.2) is 36.4 Å². The molecule has 7 nitrogen and oxygen atoms in total. The van der Waals surface area contributed by atoms with E-state index < -0.39 is 0 Å². The summed E-state index contributed by atoms with van der Waals surface area (Å²) in [6.07, 6.45) is 1.88. The van der Waals surface area contributed by atoms with Crippen LogP contribution < -0.4 is 0 Å². The number of piperidine rings is 1. The number of amides is 3. The zero-order valence-corrected chi connectivity index (χ0v) is 17.6. The normalized spacial score (nSPS) is 16.7. The number of hydrogen-bond donors (Lipinski definition) is 0. The van der Waals surface area contributed by atoms with Gasteiger partial charge in [0.05, 0.1) is 12.5 Å². The molecule has 3 amide bonds. The molecule has 2 aromatic carbocycles. The molecule has 0 radical (unpaired) electrons. The monoisotopic (exact) mass is 422 g/mol. The minimum atomic E-state index is -0.308. The van der Waals surface area contributed by atoms with Crippen LogP contribution in [0.2, 0.25) is 0 Å². The maximum absolute atomic E-state index is 12.9. The quantitative estimate of drug-likeness (QED) is 0.528. The lowest BCUT2D eigenvalue weighted by molar-refractivity contribution is -0.151. The number of likely N-dealkylation sites (tertiary alicyclic amines) is 1. The van der Waals surface area contributed by atoms with Crippen LogP contribution in [-0.2, 0) is 14.3 Å². The van der Waals surface area contributed by atoms with E-state index in [-0.39, 0.29) is 42.6 Å². The van der Waals surface area contributed by atoms with Crippen LogP contribution in [0.1, 0.15) is 53.3 Å². The van der Waals surface area contributed by atoms with Crippen molar-refractivity contribution < 1.29 is 23.9 Å². The number of nitrogens with zero attached hydrogens (tertiary/aromatic N) is 2. The molecule has 2 aliphatic heterocycles. The van der Waals surface area contributed by atoms with Gasteiger partial charge in [-0.15, -0.1) is 0 Å². The van der Waals surface area contributed by atoms with Crippen LogP contribution in [0.5, 0.6) is 0 Å². The Hall–Kier alpha value is -3.22. The number of rotatable bonds is 6. The Morgan fingerprint density at radius 3 is 2.19 bits per heavy atom. The molecule has 0 atom stereocenters. The second-order valence-corrected chi connectivity index (χ2v) is 7.98. The first kappa shape index (κ1) is 21.0. The van der Waals surface area contributed by atoms with Crippen LogP contribution in [0.4, 0.5) is 0 Å². The zero-order valence-electron chi connectivity index (χ0n) is 17.6. The van der Waals surface area contributed by atoms with Crippen molar-refractivity contribution >= 4 is 34.5 Å². The van der Waals surface area contributed by atoms with Gasteiger partial charge < -0.3 is 9.64 Å². The van der Waals surface area contributed by atoms with Crippen molar-refractivity contribution in [2.75, 3.05) is 26.2 Å². The molecule has 2 aliphatic rings. The Balaban J connectivity index is 1.33. The van der Waals surface area contributed by atoms with Crippen LogP contribution in [0.25, 0.3) is 10.8 Å². The van der Waals surface area contributed by atoms with Crippen LogP contribution in [0.3, 0.4) is 0 Å². The number of esters is 1. The highest BCUT2D eigenvalue weighted by Crippen LogP contribution is 2.30. The number of imide groups is 1. The highest BCUT2D eigenvalue weighted by atomic mass is 16.5. The molecule has 0 unspecified atom stereocenters. The molecule has 1 fully saturated rings. The maximum Gasteiger partial charge on any atom is 0.309 e. The van der Waals surface area contributed by atoms with Gasteiger partial charge in [0.15, 0.2) is 0 Å². The highest BCUT2D eigenvalue weighted by molar-refractivity contribution is 6.25. The van der Waals surface area contributed by atoms with Crippen molar-refractivity contribution in [3.63, 3.8) is 0 Å². The van der Waals surface area contributed by atoms with Gasteiger partial charge in [0.1, 0.15) is 0 Å². The minimum Gasteiger partial charge on any atom is -0.466 e. The van der Waals surface area contributed by atoms with Gasteiger partial charge in [-0.25, -0.2) is 0 Å². The van der Waals surface area contributed by atoms with E-state index in [1.807, 2.05) is 24.3 Å². The molecular weight excluding hydrogens is 396 g/mol. The van der Waals surface area contributed by atoms with Crippen molar-refractivity contribution in [1.29, 1.82) is 0 Å². The standard InChI is InChI=1S/C24H26N2O5/c1-2-31-24(30)17-11-14-25(15-12-17)20(27)10-5-13-26-22(28)18-8-3-6-16-7-4-9-19(21(16)18)23(26)29/h3-4,6-9,17H,2,5,10-15H2,1H3. The first-order valence-electron chi connectivity index (χ1n) is 10.8. The van der Waals surface area contributed by atoms with Gasteiger partial charge in [-0.2, -0.15) is 0 Å². The van der Waals surface area contributed by atoms with E-state index >= 15 is 0 Å². The second kappa shape index (κ2) is 8.88. The molecule has 4 rings (SSSR count). The van der Waals surface area contributed by atoms with Gasteiger partial charge in [-0.05, 0) is 43.7 Å².